The van der Waals surface area contributed by atoms with Crippen LogP contribution in [0.25, 0.3) is 0 Å². The highest BCUT2D eigenvalue weighted by Gasteiger charge is 2.07. The van der Waals surface area contributed by atoms with Crippen molar-refractivity contribution in [3.05, 3.63) is 48.2 Å². The number of hydrogen-bond donors (Lipinski definition) is 2. The first kappa shape index (κ1) is 15.9. The number of nitrogens with zero attached hydrogens (tertiary/aromatic N) is 3. The normalized spacial score (nSPS) is 10.5. The fraction of sp³-hybridized carbons (Fsp3) is 0.375. The zero-order valence-corrected chi connectivity index (χ0v) is 12.9. The molecule has 0 saturated heterocycles. The summed E-state index contributed by atoms with van der Waals surface area (Å²) >= 11 is 0. The summed E-state index contributed by atoms with van der Waals surface area (Å²) in [6, 6.07) is 3.74. The molecule has 0 radical (unpaired) electrons. The first-order valence-electron chi connectivity index (χ1n) is 7.38. The number of amides is 1. The van der Waals surface area contributed by atoms with E-state index in [9.17, 15) is 4.79 Å². The lowest BCUT2D eigenvalue weighted by Crippen LogP contribution is -2.24. The van der Waals surface area contributed by atoms with Crippen LogP contribution in [0.5, 0.6) is 0 Å². The third-order valence-corrected chi connectivity index (χ3v) is 3.09. The van der Waals surface area contributed by atoms with E-state index in [0.29, 0.717) is 24.0 Å². The number of carbonyl (C=O) groups excluding carboxylic acids is 1. The van der Waals surface area contributed by atoms with Crippen molar-refractivity contribution < 1.29 is 4.79 Å². The van der Waals surface area contributed by atoms with E-state index in [1.54, 1.807) is 18.6 Å². The molecule has 2 aromatic heterocycles. The van der Waals surface area contributed by atoms with Crippen molar-refractivity contribution in [2.24, 2.45) is 5.92 Å². The minimum Gasteiger partial charge on any atom is -0.369 e. The second-order valence-corrected chi connectivity index (χ2v) is 5.44. The van der Waals surface area contributed by atoms with Crippen molar-refractivity contribution in [1.82, 2.24) is 20.3 Å². The van der Waals surface area contributed by atoms with Gasteiger partial charge in [-0.2, -0.15) is 0 Å². The lowest BCUT2D eigenvalue weighted by molar-refractivity contribution is 0.0945. The maximum atomic E-state index is 12.0. The fourth-order valence-electron chi connectivity index (χ4n) is 1.80. The summed E-state index contributed by atoms with van der Waals surface area (Å²) in [6.07, 6.45) is 7.54. The number of nitrogens with one attached hydrogen (secondary N) is 2. The predicted octanol–water partition coefficient (Wildman–Crippen LogP) is 2.26. The quantitative estimate of drug-likeness (QED) is 0.819. The maximum Gasteiger partial charge on any atom is 0.271 e. The van der Waals surface area contributed by atoms with Gasteiger partial charge in [-0.05, 0) is 24.0 Å². The number of carbonyl (C=O) groups is 1. The number of aromatic nitrogens is 3. The third-order valence-electron chi connectivity index (χ3n) is 3.09. The van der Waals surface area contributed by atoms with Gasteiger partial charge in [-0.25, -0.2) is 9.97 Å². The van der Waals surface area contributed by atoms with Crippen molar-refractivity contribution in [3.8, 4) is 0 Å². The number of hydrogen-bond acceptors (Lipinski definition) is 5. The zero-order chi connectivity index (χ0) is 15.8. The van der Waals surface area contributed by atoms with Crippen molar-refractivity contribution >= 4 is 11.7 Å². The van der Waals surface area contributed by atoms with Gasteiger partial charge >= 0.3 is 0 Å². The van der Waals surface area contributed by atoms with Gasteiger partial charge in [-0.1, -0.05) is 19.9 Å². The Bertz CT molecular complexity index is 583. The van der Waals surface area contributed by atoms with E-state index in [1.807, 2.05) is 12.1 Å². The molecule has 0 aliphatic heterocycles. The number of rotatable bonds is 7. The molecule has 6 nitrogen and oxygen atoms in total. The van der Waals surface area contributed by atoms with Crippen LogP contribution in [-0.4, -0.2) is 27.4 Å². The van der Waals surface area contributed by atoms with Gasteiger partial charge in [0.2, 0.25) is 0 Å². The molecule has 0 bridgehead atoms. The van der Waals surface area contributed by atoms with Crippen LogP contribution >= 0.6 is 0 Å². The SMILES string of the molecule is CC(C)CCNc1cnc(C(=O)NCc2cccnc2)cn1. The lowest BCUT2D eigenvalue weighted by atomic mass is 10.1. The molecule has 2 rings (SSSR count). The minimum absolute atomic E-state index is 0.245. The molecular weight excluding hydrogens is 278 g/mol. The van der Waals surface area contributed by atoms with Crippen molar-refractivity contribution in [1.29, 1.82) is 0 Å². The Hall–Kier alpha value is -2.50. The molecule has 0 spiro atoms. The molecule has 0 saturated carbocycles. The first-order chi connectivity index (χ1) is 10.6. The molecular formula is C16H21N5O. The first-order valence-corrected chi connectivity index (χ1v) is 7.38. The number of anilines is 1. The van der Waals surface area contributed by atoms with Crippen molar-refractivity contribution in [2.75, 3.05) is 11.9 Å². The summed E-state index contributed by atoms with van der Waals surface area (Å²) in [5.41, 5.74) is 1.24. The van der Waals surface area contributed by atoms with Crippen LogP contribution in [0.1, 0.15) is 36.3 Å². The molecule has 0 aliphatic carbocycles. The Morgan fingerprint density at radius 2 is 2.09 bits per heavy atom. The van der Waals surface area contributed by atoms with E-state index in [0.717, 1.165) is 18.5 Å². The van der Waals surface area contributed by atoms with E-state index in [1.165, 1.54) is 6.20 Å². The maximum absolute atomic E-state index is 12.0. The Morgan fingerprint density at radius 3 is 2.73 bits per heavy atom. The highest BCUT2D eigenvalue weighted by Crippen LogP contribution is 2.04. The Kier molecular flexibility index (Phi) is 5.82. The molecule has 2 N–H and O–H groups in total. The molecule has 0 aromatic carbocycles. The van der Waals surface area contributed by atoms with Gasteiger partial charge in [0.05, 0.1) is 12.4 Å². The van der Waals surface area contributed by atoms with Gasteiger partial charge in [-0.3, -0.25) is 9.78 Å². The van der Waals surface area contributed by atoms with E-state index in [4.69, 9.17) is 0 Å². The van der Waals surface area contributed by atoms with Crippen LogP contribution in [0.4, 0.5) is 5.82 Å². The van der Waals surface area contributed by atoms with E-state index < -0.39 is 0 Å². The van der Waals surface area contributed by atoms with Crippen molar-refractivity contribution in [2.45, 2.75) is 26.8 Å². The predicted molar refractivity (Wildman–Crippen MR) is 85.4 cm³/mol. The molecule has 0 unspecified atom stereocenters. The van der Waals surface area contributed by atoms with Gasteiger partial charge in [0.25, 0.3) is 5.91 Å². The molecule has 0 atom stereocenters. The standard InChI is InChI=1S/C16H21N5O/c1-12(2)5-7-18-15-11-19-14(10-20-15)16(22)21-9-13-4-3-6-17-8-13/h3-4,6,8,10-12H,5,7,9H2,1-2H3,(H,18,20)(H,21,22). The van der Waals surface area contributed by atoms with Crippen molar-refractivity contribution in [3.63, 3.8) is 0 Å². The summed E-state index contributed by atoms with van der Waals surface area (Å²) in [7, 11) is 0. The monoisotopic (exact) mass is 299 g/mol. The fourth-order valence-corrected chi connectivity index (χ4v) is 1.80. The van der Waals surface area contributed by atoms with E-state index in [-0.39, 0.29) is 5.91 Å². The van der Waals surface area contributed by atoms with Gasteiger partial charge in [0.15, 0.2) is 0 Å². The molecule has 2 aromatic rings. The molecule has 1 amide bonds. The van der Waals surface area contributed by atoms with E-state index in [2.05, 4.69) is 39.4 Å². The molecule has 2 heterocycles. The molecule has 116 valence electrons. The highest BCUT2D eigenvalue weighted by atomic mass is 16.1. The topological polar surface area (TPSA) is 79.8 Å². The second kappa shape index (κ2) is 8.07. The molecule has 0 fully saturated rings. The van der Waals surface area contributed by atoms with Gasteiger partial charge in [0, 0.05) is 25.5 Å². The van der Waals surface area contributed by atoms with Crippen LogP contribution in [0.3, 0.4) is 0 Å². The summed E-state index contributed by atoms with van der Waals surface area (Å²) in [6.45, 7) is 5.60. The van der Waals surface area contributed by atoms with Gasteiger partial charge in [0.1, 0.15) is 11.5 Å². The number of pyridine rings is 1. The smallest absolute Gasteiger partial charge is 0.271 e. The lowest BCUT2D eigenvalue weighted by Gasteiger charge is -2.08. The van der Waals surface area contributed by atoms with Crippen LogP contribution in [-0.2, 0) is 6.54 Å². The second-order valence-electron chi connectivity index (χ2n) is 5.44. The van der Waals surface area contributed by atoms with Crippen LogP contribution in [0.2, 0.25) is 0 Å². The highest BCUT2D eigenvalue weighted by molar-refractivity contribution is 5.91. The average molecular weight is 299 g/mol. The van der Waals surface area contributed by atoms with Gasteiger partial charge in [-0.15, -0.1) is 0 Å². The minimum atomic E-state index is -0.245. The van der Waals surface area contributed by atoms with E-state index >= 15 is 0 Å². The molecule has 0 aliphatic rings. The molecule has 22 heavy (non-hydrogen) atoms. The zero-order valence-electron chi connectivity index (χ0n) is 12.9. The van der Waals surface area contributed by atoms with Gasteiger partial charge < -0.3 is 10.6 Å². The van der Waals surface area contributed by atoms with Crippen LogP contribution in [0.15, 0.2) is 36.9 Å². The summed E-state index contributed by atoms with van der Waals surface area (Å²) < 4.78 is 0. The Balaban J connectivity index is 1.83. The summed E-state index contributed by atoms with van der Waals surface area (Å²) in [5.74, 6) is 1.08. The molecule has 6 heteroatoms. The largest absolute Gasteiger partial charge is 0.369 e. The summed E-state index contributed by atoms with van der Waals surface area (Å²) in [5, 5.41) is 5.98. The Labute approximate surface area is 130 Å². The van der Waals surface area contributed by atoms with Crippen LogP contribution in [0, 0.1) is 5.92 Å². The van der Waals surface area contributed by atoms with Crippen LogP contribution < -0.4 is 10.6 Å². The Morgan fingerprint density at radius 1 is 1.23 bits per heavy atom. The average Bonchev–Trinajstić information content (AvgIpc) is 2.54. The summed E-state index contributed by atoms with van der Waals surface area (Å²) in [4.78, 5) is 24.3. The third kappa shape index (κ3) is 5.12.